The normalized spacial score (nSPS) is 19.6. The summed E-state index contributed by atoms with van der Waals surface area (Å²) in [6, 6.07) is 2.08. The van der Waals surface area contributed by atoms with Gasteiger partial charge in [0.2, 0.25) is 5.91 Å². The largest absolute Gasteiger partial charge is 0.355 e. The molecule has 7 heteroatoms. The summed E-state index contributed by atoms with van der Waals surface area (Å²) in [5, 5.41) is 7.97. The molecule has 1 amide bonds. The molecule has 3 N–H and O–H groups in total. The number of aromatic nitrogens is 2. The summed E-state index contributed by atoms with van der Waals surface area (Å²) in [4.78, 5) is 30.0. The second-order valence-corrected chi connectivity index (χ2v) is 5.48. The van der Waals surface area contributed by atoms with Crippen molar-refractivity contribution in [2.24, 2.45) is 0 Å². The Morgan fingerprint density at radius 3 is 3.16 bits per heavy atom. The van der Waals surface area contributed by atoms with Crippen LogP contribution >= 0.6 is 11.3 Å². The van der Waals surface area contributed by atoms with E-state index < -0.39 is 0 Å². The topological polar surface area (TPSA) is 86.9 Å². The van der Waals surface area contributed by atoms with Gasteiger partial charge < -0.3 is 15.6 Å². The van der Waals surface area contributed by atoms with E-state index in [1.165, 1.54) is 11.3 Å². The lowest BCUT2D eigenvalue weighted by atomic mass is 10.1. The van der Waals surface area contributed by atoms with Crippen LogP contribution in [-0.2, 0) is 11.3 Å². The number of carbonyl (C=O) groups is 1. The van der Waals surface area contributed by atoms with E-state index in [0.717, 1.165) is 11.9 Å². The SMILES string of the molecule is O=C1CCC(NCc2nc3ccsc3c(=O)[nH]2)CN1. The zero-order valence-electron chi connectivity index (χ0n) is 10.2. The minimum Gasteiger partial charge on any atom is -0.355 e. The Hall–Kier alpha value is -1.73. The van der Waals surface area contributed by atoms with Gasteiger partial charge in [-0.25, -0.2) is 4.98 Å². The lowest BCUT2D eigenvalue weighted by molar-refractivity contribution is -0.122. The highest BCUT2D eigenvalue weighted by Gasteiger charge is 2.17. The molecule has 3 heterocycles. The highest BCUT2D eigenvalue weighted by molar-refractivity contribution is 7.17. The lowest BCUT2D eigenvalue weighted by Gasteiger charge is -2.23. The zero-order valence-corrected chi connectivity index (χ0v) is 11.0. The number of hydrogen-bond donors (Lipinski definition) is 3. The molecule has 1 fully saturated rings. The molecular weight excluding hydrogens is 264 g/mol. The van der Waals surface area contributed by atoms with Gasteiger partial charge in [-0.2, -0.15) is 0 Å². The fourth-order valence-electron chi connectivity index (χ4n) is 2.15. The minimum atomic E-state index is -0.0891. The van der Waals surface area contributed by atoms with Gasteiger partial charge in [0, 0.05) is 19.0 Å². The summed E-state index contributed by atoms with van der Waals surface area (Å²) >= 11 is 1.39. The van der Waals surface area contributed by atoms with Crippen molar-refractivity contribution in [2.45, 2.75) is 25.4 Å². The number of thiophene rings is 1. The number of amides is 1. The number of H-pyrrole nitrogens is 1. The molecule has 0 saturated carbocycles. The Morgan fingerprint density at radius 2 is 2.37 bits per heavy atom. The van der Waals surface area contributed by atoms with Crippen molar-refractivity contribution in [3.63, 3.8) is 0 Å². The molecule has 2 aromatic heterocycles. The molecule has 2 aromatic rings. The standard InChI is InChI=1S/C12H14N4O2S/c17-10-2-1-7(5-14-10)13-6-9-15-8-3-4-19-11(8)12(18)16-9/h3-4,7,13H,1-2,5-6H2,(H,14,17)(H,15,16,18). The minimum absolute atomic E-state index is 0.0891. The van der Waals surface area contributed by atoms with E-state index in [4.69, 9.17) is 0 Å². The molecule has 1 aliphatic rings. The third kappa shape index (κ3) is 2.66. The van der Waals surface area contributed by atoms with Crippen molar-refractivity contribution in [1.82, 2.24) is 20.6 Å². The van der Waals surface area contributed by atoms with E-state index >= 15 is 0 Å². The molecule has 0 aliphatic carbocycles. The first-order valence-corrected chi connectivity index (χ1v) is 7.07. The van der Waals surface area contributed by atoms with Crippen LogP contribution in [0.5, 0.6) is 0 Å². The molecule has 1 aliphatic heterocycles. The van der Waals surface area contributed by atoms with Crippen molar-refractivity contribution in [2.75, 3.05) is 6.54 Å². The Kier molecular flexibility index (Phi) is 3.31. The molecule has 3 rings (SSSR count). The summed E-state index contributed by atoms with van der Waals surface area (Å²) in [6.45, 7) is 1.13. The predicted octanol–water partition coefficient (Wildman–Crippen LogP) is 0.353. The van der Waals surface area contributed by atoms with Crippen molar-refractivity contribution in [3.8, 4) is 0 Å². The van der Waals surface area contributed by atoms with Gasteiger partial charge in [0.05, 0.1) is 12.1 Å². The van der Waals surface area contributed by atoms with Crippen molar-refractivity contribution in [1.29, 1.82) is 0 Å². The van der Waals surface area contributed by atoms with Crippen LogP contribution in [0.25, 0.3) is 10.2 Å². The van der Waals surface area contributed by atoms with E-state index in [0.29, 0.717) is 30.0 Å². The van der Waals surface area contributed by atoms with Crippen LogP contribution in [0.1, 0.15) is 18.7 Å². The number of piperidine rings is 1. The van der Waals surface area contributed by atoms with Gasteiger partial charge in [0.25, 0.3) is 5.56 Å². The first-order chi connectivity index (χ1) is 9.22. The highest BCUT2D eigenvalue weighted by Crippen LogP contribution is 2.13. The van der Waals surface area contributed by atoms with Crippen LogP contribution in [-0.4, -0.2) is 28.5 Å². The van der Waals surface area contributed by atoms with Gasteiger partial charge in [-0.05, 0) is 17.9 Å². The molecule has 0 radical (unpaired) electrons. The van der Waals surface area contributed by atoms with Gasteiger partial charge in [-0.3, -0.25) is 9.59 Å². The molecular formula is C12H14N4O2S. The molecule has 19 heavy (non-hydrogen) atoms. The summed E-state index contributed by atoms with van der Waals surface area (Å²) in [5.74, 6) is 0.733. The average Bonchev–Trinajstić information content (AvgIpc) is 2.87. The van der Waals surface area contributed by atoms with E-state index in [9.17, 15) is 9.59 Å². The van der Waals surface area contributed by atoms with Crippen LogP contribution in [0.2, 0.25) is 0 Å². The number of nitrogens with one attached hydrogen (secondary N) is 3. The molecule has 6 nitrogen and oxygen atoms in total. The highest BCUT2D eigenvalue weighted by atomic mass is 32.1. The number of carbonyl (C=O) groups excluding carboxylic acids is 1. The summed E-state index contributed by atoms with van der Waals surface area (Å²) in [6.07, 6.45) is 1.36. The third-order valence-corrected chi connectivity index (χ3v) is 4.09. The van der Waals surface area contributed by atoms with Crippen LogP contribution < -0.4 is 16.2 Å². The Bertz CT molecular complexity index is 653. The van der Waals surface area contributed by atoms with Gasteiger partial charge >= 0.3 is 0 Å². The molecule has 0 spiro atoms. The zero-order chi connectivity index (χ0) is 13.2. The molecule has 1 saturated heterocycles. The van der Waals surface area contributed by atoms with Crippen LogP contribution in [0.4, 0.5) is 0 Å². The van der Waals surface area contributed by atoms with Crippen LogP contribution in [0.15, 0.2) is 16.2 Å². The van der Waals surface area contributed by atoms with E-state index in [2.05, 4.69) is 20.6 Å². The Balaban J connectivity index is 1.68. The van der Waals surface area contributed by atoms with Gasteiger partial charge in [-0.1, -0.05) is 0 Å². The van der Waals surface area contributed by atoms with Gasteiger partial charge in [-0.15, -0.1) is 11.3 Å². The quantitative estimate of drug-likeness (QED) is 0.756. The monoisotopic (exact) mass is 278 g/mol. The summed E-state index contributed by atoms with van der Waals surface area (Å²) in [7, 11) is 0. The Labute approximate surface area is 113 Å². The number of rotatable bonds is 3. The maximum absolute atomic E-state index is 11.8. The first kappa shape index (κ1) is 12.3. The first-order valence-electron chi connectivity index (χ1n) is 6.19. The number of fused-ring (bicyclic) bond motifs is 1. The average molecular weight is 278 g/mol. The van der Waals surface area contributed by atoms with Gasteiger partial charge in [0.1, 0.15) is 10.5 Å². The third-order valence-electron chi connectivity index (χ3n) is 3.19. The van der Waals surface area contributed by atoms with E-state index in [1.54, 1.807) is 0 Å². The molecule has 1 atom stereocenters. The maximum atomic E-state index is 11.8. The molecule has 0 aromatic carbocycles. The second kappa shape index (κ2) is 5.10. The number of aromatic amines is 1. The second-order valence-electron chi connectivity index (χ2n) is 4.57. The van der Waals surface area contributed by atoms with Crippen LogP contribution in [0, 0.1) is 0 Å². The van der Waals surface area contributed by atoms with E-state index in [-0.39, 0.29) is 17.5 Å². The van der Waals surface area contributed by atoms with Crippen molar-refractivity contribution in [3.05, 3.63) is 27.6 Å². The smallest absolute Gasteiger partial charge is 0.268 e. The lowest BCUT2D eigenvalue weighted by Crippen LogP contribution is -2.45. The fourth-order valence-corrected chi connectivity index (χ4v) is 2.88. The van der Waals surface area contributed by atoms with Gasteiger partial charge in [0.15, 0.2) is 0 Å². The van der Waals surface area contributed by atoms with E-state index in [1.807, 2.05) is 11.4 Å². The van der Waals surface area contributed by atoms with Crippen molar-refractivity contribution >= 4 is 27.5 Å². The summed E-state index contributed by atoms with van der Waals surface area (Å²) in [5.41, 5.74) is 0.649. The number of hydrogen-bond acceptors (Lipinski definition) is 5. The number of nitrogens with zero attached hydrogens (tertiary/aromatic N) is 1. The molecule has 1 unspecified atom stereocenters. The fraction of sp³-hybridized carbons (Fsp3) is 0.417. The van der Waals surface area contributed by atoms with Crippen molar-refractivity contribution < 1.29 is 4.79 Å². The maximum Gasteiger partial charge on any atom is 0.268 e. The Morgan fingerprint density at radius 1 is 1.47 bits per heavy atom. The van der Waals surface area contributed by atoms with Crippen LogP contribution in [0.3, 0.4) is 0 Å². The summed E-state index contributed by atoms with van der Waals surface area (Å²) < 4.78 is 0.661. The molecule has 0 bridgehead atoms. The predicted molar refractivity (Wildman–Crippen MR) is 73.1 cm³/mol. The molecule has 100 valence electrons.